The van der Waals surface area contributed by atoms with Crippen molar-refractivity contribution in [3.8, 4) is 0 Å². The number of fused-ring (bicyclic) bond motifs is 3. The summed E-state index contributed by atoms with van der Waals surface area (Å²) in [5.41, 5.74) is -0.991. The SMILES string of the molecule is C=C1C(=O)[C@@]23C(CC[C@@H]1[C@H]2O)[C@]1(C)CC[C@@H](O)C(C)(C)[C@H]1C[C@H]3O. The zero-order valence-electron chi connectivity index (χ0n) is 15.0. The first kappa shape index (κ1) is 16.7. The van der Waals surface area contributed by atoms with Crippen LogP contribution in [0.3, 0.4) is 0 Å². The lowest BCUT2D eigenvalue weighted by Crippen LogP contribution is -2.68. The van der Waals surface area contributed by atoms with E-state index in [2.05, 4.69) is 27.4 Å². The number of hydrogen-bond donors (Lipinski definition) is 3. The Morgan fingerprint density at radius 3 is 2.33 bits per heavy atom. The number of hydrogen-bond acceptors (Lipinski definition) is 4. The van der Waals surface area contributed by atoms with Crippen molar-refractivity contribution in [1.29, 1.82) is 0 Å². The molecule has 2 bridgehead atoms. The Morgan fingerprint density at radius 2 is 1.67 bits per heavy atom. The van der Waals surface area contributed by atoms with Crippen LogP contribution in [0.1, 0.15) is 52.9 Å². The summed E-state index contributed by atoms with van der Waals surface area (Å²) >= 11 is 0. The van der Waals surface area contributed by atoms with Crippen molar-refractivity contribution in [2.75, 3.05) is 0 Å². The lowest BCUT2D eigenvalue weighted by Gasteiger charge is -2.66. The van der Waals surface area contributed by atoms with E-state index >= 15 is 0 Å². The van der Waals surface area contributed by atoms with Crippen molar-refractivity contribution < 1.29 is 20.1 Å². The zero-order valence-corrected chi connectivity index (χ0v) is 15.0. The second kappa shape index (κ2) is 4.72. The van der Waals surface area contributed by atoms with Crippen molar-refractivity contribution in [2.24, 2.45) is 34.0 Å². The molecule has 1 spiro atoms. The summed E-state index contributed by atoms with van der Waals surface area (Å²) in [6, 6.07) is 0. The van der Waals surface area contributed by atoms with Crippen molar-refractivity contribution in [1.82, 2.24) is 0 Å². The van der Waals surface area contributed by atoms with Gasteiger partial charge in [-0.1, -0.05) is 27.4 Å². The van der Waals surface area contributed by atoms with E-state index in [9.17, 15) is 20.1 Å². The lowest BCUT2D eigenvalue weighted by molar-refractivity contribution is -0.239. The van der Waals surface area contributed by atoms with Gasteiger partial charge in [-0.3, -0.25) is 4.79 Å². The second-order valence-electron chi connectivity index (χ2n) is 9.65. The van der Waals surface area contributed by atoms with Crippen molar-refractivity contribution in [3.05, 3.63) is 12.2 Å². The van der Waals surface area contributed by atoms with Crippen LogP contribution < -0.4 is 0 Å². The highest BCUT2D eigenvalue weighted by Crippen LogP contribution is 2.70. The van der Waals surface area contributed by atoms with Gasteiger partial charge in [0, 0.05) is 5.92 Å². The molecule has 0 aromatic heterocycles. The summed E-state index contributed by atoms with van der Waals surface area (Å²) in [7, 11) is 0. The number of aliphatic hydroxyl groups excluding tert-OH is 3. The Kier molecular flexibility index (Phi) is 3.29. The van der Waals surface area contributed by atoms with Crippen molar-refractivity contribution in [2.45, 2.75) is 71.2 Å². The third-order valence-electron chi connectivity index (χ3n) is 8.66. The largest absolute Gasteiger partial charge is 0.393 e. The van der Waals surface area contributed by atoms with E-state index < -0.39 is 17.6 Å². The predicted octanol–water partition coefficient (Wildman–Crippen LogP) is 2.07. The van der Waals surface area contributed by atoms with E-state index in [0.29, 0.717) is 12.0 Å². The maximum absolute atomic E-state index is 13.1. The number of carbonyl (C=O) groups excluding carboxylic acids is 1. The molecule has 24 heavy (non-hydrogen) atoms. The first-order valence-corrected chi connectivity index (χ1v) is 9.37. The minimum atomic E-state index is -1.07. The van der Waals surface area contributed by atoms with Crippen LogP contribution >= 0.6 is 0 Å². The number of rotatable bonds is 0. The van der Waals surface area contributed by atoms with E-state index in [4.69, 9.17) is 0 Å². The third-order valence-corrected chi connectivity index (χ3v) is 8.66. The summed E-state index contributed by atoms with van der Waals surface area (Å²) < 4.78 is 0. The number of ketones is 1. The Hall–Kier alpha value is -0.710. The molecule has 0 amide bonds. The highest BCUT2D eigenvalue weighted by molar-refractivity contribution is 6.04. The smallest absolute Gasteiger partial charge is 0.170 e. The van der Waals surface area contributed by atoms with Gasteiger partial charge in [-0.05, 0) is 60.3 Å². The molecule has 4 aliphatic rings. The predicted molar refractivity (Wildman–Crippen MR) is 90.0 cm³/mol. The average molecular weight is 334 g/mol. The Balaban J connectivity index is 1.87. The third kappa shape index (κ3) is 1.59. The van der Waals surface area contributed by atoms with Crippen LogP contribution in [-0.2, 0) is 4.79 Å². The molecule has 8 atom stereocenters. The Bertz CT molecular complexity index is 611. The Morgan fingerprint density at radius 1 is 1.00 bits per heavy atom. The highest BCUT2D eigenvalue weighted by Gasteiger charge is 2.74. The average Bonchev–Trinajstić information content (AvgIpc) is 2.64. The minimum absolute atomic E-state index is 0.0384. The van der Waals surface area contributed by atoms with Crippen LogP contribution in [0, 0.1) is 34.0 Å². The molecule has 4 rings (SSSR count). The normalized spacial score (nSPS) is 55.9. The van der Waals surface area contributed by atoms with Crippen LogP contribution in [0.25, 0.3) is 0 Å². The second-order valence-corrected chi connectivity index (χ2v) is 9.65. The molecule has 0 radical (unpaired) electrons. The minimum Gasteiger partial charge on any atom is -0.393 e. The summed E-state index contributed by atoms with van der Waals surface area (Å²) in [5.74, 6) is -0.183. The van der Waals surface area contributed by atoms with E-state index in [1.165, 1.54) is 0 Å². The fourth-order valence-electron chi connectivity index (χ4n) is 7.33. The molecule has 4 nitrogen and oxygen atoms in total. The quantitative estimate of drug-likeness (QED) is 0.593. The molecule has 0 aromatic rings. The first-order valence-electron chi connectivity index (χ1n) is 9.37. The van der Waals surface area contributed by atoms with Gasteiger partial charge in [0.25, 0.3) is 0 Å². The van der Waals surface area contributed by atoms with Crippen molar-refractivity contribution >= 4 is 5.78 Å². The van der Waals surface area contributed by atoms with Crippen molar-refractivity contribution in [3.63, 3.8) is 0 Å². The molecular weight excluding hydrogens is 304 g/mol. The van der Waals surface area contributed by atoms with Gasteiger partial charge in [0.15, 0.2) is 5.78 Å². The molecule has 0 aromatic carbocycles. The van der Waals surface area contributed by atoms with Gasteiger partial charge in [0.05, 0.1) is 23.7 Å². The summed E-state index contributed by atoms with van der Waals surface area (Å²) in [4.78, 5) is 13.1. The molecule has 4 heteroatoms. The summed E-state index contributed by atoms with van der Waals surface area (Å²) in [6.07, 6.45) is 1.62. The number of Topliss-reactive ketones (excluding diaryl/α,β-unsaturated/α-hetero) is 1. The topological polar surface area (TPSA) is 77.8 Å². The summed E-state index contributed by atoms with van der Waals surface area (Å²) in [6.45, 7) is 10.4. The number of carbonyl (C=O) groups is 1. The van der Waals surface area contributed by atoms with E-state index in [-0.39, 0.29) is 40.5 Å². The van der Waals surface area contributed by atoms with Gasteiger partial charge < -0.3 is 15.3 Å². The molecule has 4 aliphatic carbocycles. The monoisotopic (exact) mass is 334 g/mol. The molecule has 0 heterocycles. The fourth-order valence-corrected chi connectivity index (χ4v) is 7.33. The molecular formula is C20H30O4. The maximum atomic E-state index is 13.1. The van der Waals surface area contributed by atoms with E-state index in [1.807, 2.05) is 0 Å². The number of aliphatic hydroxyl groups is 3. The van der Waals surface area contributed by atoms with Gasteiger partial charge in [-0.15, -0.1) is 0 Å². The molecule has 4 saturated carbocycles. The first-order chi connectivity index (χ1) is 11.1. The molecule has 4 fully saturated rings. The van der Waals surface area contributed by atoms with Gasteiger partial charge >= 0.3 is 0 Å². The lowest BCUT2D eigenvalue weighted by atomic mass is 9.39. The van der Waals surface area contributed by atoms with Gasteiger partial charge in [0.2, 0.25) is 0 Å². The molecule has 1 unspecified atom stereocenters. The van der Waals surface area contributed by atoms with Gasteiger partial charge in [-0.2, -0.15) is 0 Å². The zero-order chi connectivity index (χ0) is 17.7. The van der Waals surface area contributed by atoms with E-state index in [0.717, 1.165) is 25.7 Å². The van der Waals surface area contributed by atoms with Crippen LogP contribution in [0.2, 0.25) is 0 Å². The van der Waals surface area contributed by atoms with Crippen LogP contribution in [-0.4, -0.2) is 39.4 Å². The molecule has 0 aliphatic heterocycles. The highest BCUT2D eigenvalue weighted by atomic mass is 16.3. The molecule has 0 saturated heterocycles. The fraction of sp³-hybridized carbons (Fsp3) is 0.850. The standard InChI is InChI=1S/C20H30O4/c1-10-11-5-6-12-19(4)8-7-14(21)18(2,3)13(19)9-15(22)20(12,16(10)23)17(11)24/h11-15,17,21-22,24H,1,5-9H2,2-4H3/t11-,12?,13+,14+,15+,17+,19-,20-/m0/s1. The van der Waals surface area contributed by atoms with Crippen LogP contribution in [0.4, 0.5) is 0 Å². The van der Waals surface area contributed by atoms with Gasteiger partial charge in [-0.25, -0.2) is 0 Å². The molecule has 3 N–H and O–H groups in total. The maximum Gasteiger partial charge on any atom is 0.170 e. The van der Waals surface area contributed by atoms with Crippen LogP contribution in [0.15, 0.2) is 12.2 Å². The molecule has 134 valence electrons. The summed E-state index contributed by atoms with van der Waals surface area (Å²) in [5, 5.41) is 32.6. The van der Waals surface area contributed by atoms with Gasteiger partial charge in [0.1, 0.15) is 0 Å². The Labute approximate surface area is 144 Å². The van der Waals surface area contributed by atoms with E-state index in [1.54, 1.807) is 0 Å². The van der Waals surface area contributed by atoms with Crippen LogP contribution in [0.5, 0.6) is 0 Å².